The van der Waals surface area contributed by atoms with Gasteiger partial charge in [0, 0.05) is 6.42 Å². The second-order valence-electron chi connectivity index (χ2n) is 5.41. The van der Waals surface area contributed by atoms with Crippen molar-refractivity contribution in [3.05, 3.63) is 12.2 Å². The van der Waals surface area contributed by atoms with Crippen molar-refractivity contribution in [1.82, 2.24) is 0 Å². The summed E-state index contributed by atoms with van der Waals surface area (Å²) in [4.78, 5) is 10.3. The molecule has 0 saturated carbocycles. The molecule has 1 N–H and O–H groups in total. The van der Waals surface area contributed by atoms with Gasteiger partial charge in [0.25, 0.3) is 0 Å². The minimum absolute atomic E-state index is 0.266. The molecule has 0 atom stereocenters. The summed E-state index contributed by atoms with van der Waals surface area (Å²) in [6.45, 7) is 0. The number of carbonyl (C=O) groups is 1. The van der Waals surface area contributed by atoms with Gasteiger partial charge in [-0.1, -0.05) is 57.1 Å². The van der Waals surface area contributed by atoms with Crippen molar-refractivity contribution in [2.75, 3.05) is 0 Å². The molecule has 0 bridgehead atoms. The maximum absolute atomic E-state index is 11.8. The van der Waals surface area contributed by atoms with Crippen LogP contribution in [0.3, 0.4) is 0 Å². The van der Waals surface area contributed by atoms with E-state index in [4.69, 9.17) is 5.11 Å². The first kappa shape index (κ1) is 20.0. The first-order valence-corrected chi connectivity index (χ1v) is 7.85. The van der Waals surface area contributed by atoms with Gasteiger partial charge in [0.05, 0.1) is 6.42 Å². The Labute approximate surface area is 125 Å². The van der Waals surface area contributed by atoms with Crippen LogP contribution in [0.5, 0.6) is 0 Å². The van der Waals surface area contributed by atoms with Gasteiger partial charge in [-0.3, -0.25) is 4.79 Å². The number of hydrogen-bond acceptors (Lipinski definition) is 1. The van der Waals surface area contributed by atoms with Gasteiger partial charge in [-0.15, -0.1) is 0 Å². The van der Waals surface area contributed by atoms with Gasteiger partial charge < -0.3 is 5.11 Å². The Morgan fingerprint density at radius 3 is 1.76 bits per heavy atom. The van der Waals surface area contributed by atoms with Crippen LogP contribution in [0.15, 0.2) is 12.2 Å². The lowest BCUT2D eigenvalue weighted by Gasteiger charge is -2.02. The molecule has 124 valence electrons. The minimum Gasteiger partial charge on any atom is -0.481 e. The monoisotopic (exact) mass is 308 g/mol. The first-order valence-electron chi connectivity index (χ1n) is 7.85. The van der Waals surface area contributed by atoms with Crippen molar-refractivity contribution in [3.63, 3.8) is 0 Å². The lowest BCUT2D eigenvalue weighted by atomic mass is 10.1. The van der Waals surface area contributed by atoms with E-state index in [0.717, 1.165) is 64.2 Å². The highest BCUT2D eigenvalue weighted by Crippen LogP contribution is 2.20. The fraction of sp³-hybridized carbons (Fsp3) is 0.812. The Morgan fingerprint density at radius 1 is 0.810 bits per heavy atom. The number of carboxylic acids is 1. The number of rotatable bonds is 13. The Morgan fingerprint density at radius 2 is 1.29 bits per heavy atom. The highest BCUT2D eigenvalue weighted by atomic mass is 19.4. The van der Waals surface area contributed by atoms with E-state index in [1.807, 2.05) is 0 Å². The zero-order valence-corrected chi connectivity index (χ0v) is 12.6. The number of aliphatic carboxylic acids is 1. The molecule has 0 radical (unpaired) electrons. The number of allylic oxidation sites excluding steroid dienone is 2. The molecule has 0 fully saturated rings. The summed E-state index contributed by atoms with van der Waals surface area (Å²) in [6, 6.07) is 0. The van der Waals surface area contributed by atoms with Crippen molar-refractivity contribution in [2.45, 2.75) is 83.2 Å². The quantitative estimate of drug-likeness (QED) is 0.341. The molecule has 0 saturated heterocycles. The molecule has 0 aliphatic rings. The molecule has 0 amide bonds. The molecule has 0 aromatic heterocycles. The third-order valence-corrected chi connectivity index (χ3v) is 3.28. The summed E-state index contributed by atoms with van der Waals surface area (Å²) in [7, 11) is 0. The zero-order valence-electron chi connectivity index (χ0n) is 12.6. The molecule has 0 aliphatic carbocycles. The van der Waals surface area contributed by atoms with Gasteiger partial charge in [0.1, 0.15) is 0 Å². The van der Waals surface area contributed by atoms with Gasteiger partial charge in [0.2, 0.25) is 0 Å². The Balaban J connectivity index is 3.14. The third kappa shape index (κ3) is 19.0. The highest BCUT2D eigenvalue weighted by Gasteiger charge is 2.24. The van der Waals surface area contributed by atoms with Gasteiger partial charge in [-0.2, -0.15) is 13.2 Å². The van der Waals surface area contributed by atoms with E-state index in [1.165, 1.54) is 6.08 Å². The van der Waals surface area contributed by atoms with E-state index in [2.05, 4.69) is 0 Å². The maximum Gasteiger partial charge on any atom is 0.392 e. The van der Waals surface area contributed by atoms with Crippen LogP contribution >= 0.6 is 0 Å². The first-order chi connectivity index (χ1) is 9.92. The summed E-state index contributed by atoms with van der Waals surface area (Å²) >= 11 is 0. The standard InChI is InChI=1S/C16H27F3O2/c17-16(18,19)14-12-10-8-6-4-2-1-3-5-7-9-11-13-15(20)21/h10,12H,1-9,11,13-14H2,(H,20,21). The van der Waals surface area contributed by atoms with Crippen molar-refractivity contribution < 1.29 is 23.1 Å². The SMILES string of the molecule is O=C(O)CCCCCCCCCCCC=CCC(F)(F)F. The van der Waals surface area contributed by atoms with Crippen LogP contribution in [0.4, 0.5) is 13.2 Å². The summed E-state index contributed by atoms with van der Waals surface area (Å²) < 4.78 is 35.5. The number of hydrogen-bond donors (Lipinski definition) is 1. The Hall–Kier alpha value is -1.00. The van der Waals surface area contributed by atoms with Crippen LogP contribution < -0.4 is 0 Å². The minimum atomic E-state index is -4.08. The van der Waals surface area contributed by atoms with Gasteiger partial charge in [-0.25, -0.2) is 0 Å². The van der Waals surface area contributed by atoms with Crippen molar-refractivity contribution in [1.29, 1.82) is 0 Å². The molecule has 0 unspecified atom stereocenters. The normalized spacial score (nSPS) is 12.1. The van der Waals surface area contributed by atoms with Crippen molar-refractivity contribution >= 4 is 5.97 Å². The fourth-order valence-electron chi connectivity index (χ4n) is 2.11. The van der Waals surface area contributed by atoms with Gasteiger partial charge in [0.15, 0.2) is 0 Å². The van der Waals surface area contributed by atoms with E-state index in [1.54, 1.807) is 6.08 Å². The molecular formula is C16H27F3O2. The topological polar surface area (TPSA) is 37.3 Å². The lowest BCUT2D eigenvalue weighted by molar-refractivity contribution is -0.137. The van der Waals surface area contributed by atoms with Crippen LogP contribution in [0.2, 0.25) is 0 Å². The summed E-state index contributed by atoms with van der Waals surface area (Å²) in [5.74, 6) is -0.723. The predicted molar refractivity (Wildman–Crippen MR) is 78.2 cm³/mol. The molecule has 0 spiro atoms. The second kappa shape index (κ2) is 12.7. The van der Waals surface area contributed by atoms with Gasteiger partial charge >= 0.3 is 12.1 Å². The van der Waals surface area contributed by atoms with E-state index in [0.29, 0.717) is 0 Å². The average molecular weight is 308 g/mol. The van der Waals surface area contributed by atoms with Crippen molar-refractivity contribution in [3.8, 4) is 0 Å². The molecule has 0 heterocycles. The van der Waals surface area contributed by atoms with Gasteiger partial charge in [-0.05, 0) is 19.3 Å². The number of unbranched alkanes of at least 4 members (excludes halogenated alkanes) is 9. The van der Waals surface area contributed by atoms with Crippen LogP contribution in [0.25, 0.3) is 0 Å². The van der Waals surface area contributed by atoms with Crippen LogP contribution in [-0.4, -0.2) is 17.3 Å². The molecule has 5 heteroatoms. The third-order valence-electron chi connectivity index (χ3n) is 3.28. The maximum atomic E-state index is 11.8. The summed E-state index contributed by atoms with van der Waals surface area (Å²) in [5.41, 5.74) is 0. The average Bonchev–Trinajstić information content (AvgIpc) is 2.37. The molecule has 0 aromatic carbocycles. The summed E-state index contributed by atoms with van der Waals surface area (Å²) in [5, 5.41) is 8.47. The largest absolute Gasteiger partial charge is 0.481 e. The molecule has 0 rings (SSSR count). The smallest absolute Gasteiger partial charge is 0.392 e. The Bertz CT molecular complexity index is 286. The predicted octanol–water partition coefficient (Wildman–Crippen LogP) is 5.87. The van der Waals surface area contributed by atoms with Crippen molar-refractivity contribution in [2.24, 2.45) is 0 Å². The molecular weight excluding hydrogens is 281 g/mol. The van der Waals surface area contributed by atoms with E-state index in [-0.39, 0.29) is 6.42 Å². The van der Waals surface area contributed by atoms with E-state index >= 15 is 0 Å². The fourth-order valence-corrected chi connectivity index (χ4v) is 2.11. The van der Waals surface area contributed by atoms with E-state index < -0.39 is 18.6 Å². The lowest BCUT2D eigenvalue weighted by Crippen LogP contribution is -2.03. The zero-order chi connectivity index (χ0) is 16.0. The number of alkyl halides is 3. The van der Waals surface area contributed by atoms with Crippen LogP contribution in [0.1, 0.15) is 77.0 Å². The van der Waals surface area contributed by atoms with Crippen LogP contribution in [-0.2, 0) is 4.79 Å². The molecule has 21 heavy (non-hydrogen) atoms. The van der Waals surface area contributed by atoms with E-state index in [9.17, 15) is 18.0 Å². The number of carboxylic acid groups (broad SMARTS) is 1. The second-order valence-corrected chi connectivity index (χ2v) is 5.41. The molecule has 2 nitrogen and oxygen atoms in total. The number of halogens is 3. The Kier molecular flexibility index (Phi) is 12.1. The van der Waals surface area contributed by atoms with Crippen LogP contribution in [0, 0.1) is 0 Å². The highest BCUT2D eigenvalue weighted by molar-refractivity contribution is 5.66. The molecule has 0 aromatic rings. The summed E-state index contributed by atoms with van der Waals surface area (Å²) in [6.07, 6.45) is 8.36. The molecule has 0 aliphatic heterocycles.